The summed E-state index contributed by atoms with van der Waals surface area (Å²) in [5.41, 5.74) is 0.301. The Bertz CT molecular complexity index is 743. The number of rotatable bonds is 5. The van der Waals surface area contributed by atoms with E-state index in [4.69, 9.17) is 21.1 Å². The van der Waals surface area contributed by atoms with E-state index >= 15 is 0 Å². The van der Waals surface area contributed by atoms with E-state index in [1.54, 1.807) is 49.4 Å². The van der Waals surface area contributed by atoms with Crippen LogP contribution in [0.4, 0.5) is 0 Å². The predicted octanol–water partition coefficient (Wildman–Crippen LogP) is 2.64. The minimum absolute atomic E-state index is 0.0963. The van der Waals surface area contributed by atoms with Gasteiger partial charge in [0.25, 0.3) is 0 Å². The Kier molecular flexibility index (Phi) is 4.64. The highest BCUT2D eigenvalue weighted by Crippen LogP contribution is 2.35. The van der Waals surface area contributed by atoms with E-state index < -0.39 is 5.60 Å². The molecule has 0 saturated heterocycles. The third-order valence-corrected chi connectivity index (χ3v) is 4.15. The minimum atomic E-state index is -1.21. The molecule has 0 radical (unpaired) electrons. The number of amides is 1. The van der Waals surface area contributed by atoms with Crippen LogP contribution >= 0.6 is 11.6 Å². The van der Waals surface area contributed by atoms with Crippen molar-refractivity contribution in [1.29, 1.82) is 0 Å². The highest BCUT2D eigenvalue weighted by molar-refractivity contribution is 6.30. The van der Waals surface area contributed by atoms with Gasteiger partial charge in [-0.15, -0.1) is 0 Å². The number of carbonyl (C=O) groups is 1. The molecule has 2 aromatic rings. The number of halogens is 1. The van der Waals surface area contributed by atoms with Crippen LogP contribution in [0.25, 0.3) is 0 Å². The van der Waals surface area contributed by atoms with Crippen LogP contribution in [0.15, 0.2) is 42.5 Å². The van der Waals surface area contributed by atoms with Crippen LogP contribution in [0.5, 0.6) is 11.5 Å². The molecule has 1 aliphatic heterocycles. The molecule has 3 rings (SSSR count). The Morgan fingerprint density at radius 1 is 1.21 bits per heavy atom. The molecule has 126 valence electrons. The summed E-state index contributed by atoms with van der Waals surface area (Å²) >= 11 is 5.82. The summed E-state index contributed by atoms with van der Waals surface area (Å²) in [6.45, 7) is 1.92. The number of carbonyl (C=O) groups excluding carboxylic acids is 1. The van der Waals surface area contributed by atoms with E-state index in [1.165, 1.54) is 0 Å². The summed E-state index contributed by atoms with van der Waals surface area (Å²) < 4.78 is 10.6. The lowest BCUT2D eigenvalue weighted by atomic mass is 9.95. The standard InChI is InChI=1S/C18H18ClNO4/c1-18(22,13-4-7-15-16(9-13)24-11-23-15)10-20-17(21)8-12-2-5-14(19)6-3-12/h2-7,9,22H,8,10-11H2,1H3,(H,20,21). The molecule has 0 spiro atoms. The third kappa shape index (κ3) is 3.80. The maximum Gasteiger partial charge on any atom is 0.231 e. The van der Waals surface area contributed by atoms with Crippen molar-refractivity contribution in [3.8, 4) is 11.5 Å². The monoisotopic (exact) mass is 347 g/mol. The van der Waals surface area contributed by atoms with E-state index in [9.17, 15) is 9.90 Å². The van der Waals surface area contributed by atoms with E-state index in [2.05, 4.69) is 5.32 Å². The number of hydrogen-bond donors (Lipinski definition) is 2. The normalized spacial score (nSPS) is 15.0. The second-order valence-electron chi connectivity index (χ2n) is 5.92. The maximum atomic E-state index is 12.1. The van der Waals surface area contributed by atoms with Crippen LogP contribution in [-0.2, 0) is 16.8 Å². The smallest absolute Gasteiger partial charge is 0.231 e. The molecular formula is C18H18ClNO4. The van der Waals surface area contributed by atoms with Crippen molar-refractivity contribution in [3.05, 3.63) is 58.6 Å². The SMILES string of the molecule is CC(O)(CNC(=O)Cc1ccc(Cl)cc1)c1ccc2c(c1)OCO2. The average Bonchev–Trinajstić information content (AvgIpc) is 3.03. The lowest BCUT2D eigenvalue weighted by Crippen LogP contribution is -2.39. The largest absolute Gasteiger partial charge is 0.454 e. The van der Waals surface area contributed by atoms with Crippen molar-refractivity contribution in [2.45, 2.75) is 18.9 Å². The van der Waals surface area contributed by atoms with Crippen molar-refractivity contribution in [3.63, 3.8) is 0 Å². The Morgan fingerprint density at radius 3 is 2.67 bits per heavy atom. The maximum absolute atomic E-state index is 12.1. The fraction of sp³-hybridized carbons (Fsp3) is 0.278. The Hall–Kier alpha value is -2.24. The van der Waals surface area contributed by atoms with E-state index in [0.29, 0.717) is 22.1 Å². The van der Waals surface area contributed by atoms with Crippen molar-refractivity contribution in [1.82, 2.24) is 5.32 Å². The van der Waals surface area contributed by atoms with Gasteiger partial charge in [0.1, 0.15) is 5.60 Å². The molecule has 2 N–H and O–H groups in total. The molecule has 0 fully saturated rings. The molecule has 1 heterocycles. The number of aliphatic hydroxyl groups is 1. The number of hydrogen-bond acceptors (Lipinski definition) is 4. The topological polar surface area (TPSA) is 67.8 Å². The highest BCUT2D eigenvalue weighted by Gasteiger charge is 2.26. The van der Waals surface area contributed by atoms with E-state index in [0.717, 1.165) is 5.56 Å². The van der Waals surface area contributed by atoms with Gasteiger partial charge in [0.15, 0.2) is 11.5 Å². The second kappa shape index (κ2) is 6.71. The molecule has 0 aromatic heterocycles. The molecule has 6 heteroatoms. The van der Waals surface area contributed by atoms with Gasteiger partial charge in [0, 0.05) is 5.02 Å². The Morgan fingerprint density at radius 2 is 1.92 bits per heavy atom. The lowest BCUT2D eigenvalue weighted by molar-refractivity contribution is -0.121. The van der Waals surface area contributed by atoms with E-state index in [1.807, 2.05) is 0 Å². The quantitative estimate of drug-likeness (QED) is 0.872. The van der Waals surface area contributed by atoms with Crippen LogP contribution in [0.1, 0.15) is 18.1 Å². The summed E-state index contributed by atoms with van der Waals surface area (Å²) in [6.07, 6.45) is 0.231. The summed E-state index contributed by atoms with van der Waals surface area (Å²) in [5, 5.41) is 14.0. The molecule has 0 bridgehead atoms. The summed E-state index contributed by atoms with van der Waals surface area (Å²) in [7, 11) is 0. The molecule has 1 atom stereocenters. The van der Waals surface area contributed by atoms with Gasteiger partial charge in [-0.2, -0.15) is 0 Å². The van der Waals surface area contributed by atoms with Crippen LogP contribution in [0, 0.1) is 0 Å². The molecule has 1 aliphatic rings. The fourth-order valence-electron chi connectivity index (χ4n) is 2.45. The summed E-state index contributed by atoms with van der Waals surface area (Å²) in [4.78, 5) is 12.1. The number of nitrogens with one attached hydrogen (secondary N) is 1. The second-order valence-corrected chi connectivity index (χ2v) is 6.36. The van der Waals surface area contributed by atoms with Crippen molar-refractivity contribution < 1.29 is 19.4 Å². The lowest BCUT2D eigenvalue weighted by Gasteiger charge is -2.24. The Balaban J connectivity index is 1.60. The van der Waals surface area contributed by atoms with Crippen LogP contribution in [0.2, 0.25) is 5.02 Å². The zero-order chi connectivity index (χ0) is 17.2. The van der Waals surface area contributed by atoms with Gasteiger partial charge in [-0.1, -0.05) is 29.8 Å². The van der Waals surface area contributed by atoms with Crippen LogP contribution < -0.4 is 14.8 Å². The number of benzene rings is 2. The predicted molar refractivity (Wildman–Crippen MR) is 90.3 cm³/mol. The molecule has 0 aliphatic carbocycles. The van der Waals surface area contributed by atoms with Gasteiger partial charge in [0.05, 0.1) is 13.0 Å². The van der Waals surface area contributed by atoms with E-state index in [-0.39, 0.29) is 25.7 Å². The van der Waals surface area contributed by atoms with Gasteiger partial charge in [-0.05, 0) is 42.3 Å². The molecular weight excluding hydrogens is 330 g/mol. The highest BCUT2D eigenvalue weighted by atomic mass is 35.5. The van der Waals surface area contributed by atoms with Gasteiger partial charge < -0.3 is 19.9 Å². The Labute approximate surface area is 145 Å². The molecule has 24 heavy (non-hydrogen) atoms. The molecule has 5 nitrogen and oxygen atoms in total. The zero-order valence-electron chi connectivity index (χ0n) is 13.2. The number of fused-ring (bicyclic) bond motifs is 1. The van der Waals surface area contributed by atoms with Gasteiger partial charge in [-0.25, -0.2) is 0 Å². The molecule has 0 saturated carbocycles. The minimum Gasteiger partial charge on any atom is -0.454 e. The van der Waals surface area contributed by atoms with Crippen LogP contribution in [-0.4, -0.2) is 24.4 Å². The number of ether oxygens (including phenoxy) is 2. The summed E-state index contributed by atoms with van der Waals surface area (Å²) in [5.74, 6) is 1.08. The third-order valence-electron chi connectivity index (χ3n) is 3.90. The van der Waals surface area contributed by atoms with Gasteiger partial charge in [0.2, 0.25) is 12.7 Å². The van der Waals surface area contributed by atoms with Gasteiger partial charge >= 0.3 is 0 Å². The first-order chi connectivity index (χ1) is 11.4. The first-order valence-electron chi connectivity index (χ1n) is 7.58. The van der Waals surface area contributed by atoms with Gasteiger partial charge in [-0.3, -0.25) is 4.79 Å². The van der Waals surface area contributed by atoms with Crippen molar-refractivity contribution in [2.75, 3.05) is 13.3 Å². The fourth-order valence-corrected chi connectivity index (χ4v) is 2.58. The average molecular weight is 348 g/mol. The molecule has 1 unspecified atom stereocenters. The van der Waals surface area contributed by atoms with Crippen molar-refractivity contribution >= 4 is 17.5 Å². The first kappa shape index (κ1) is 16.6. The van der Waals surface area contributed by atoms with Crippen LogP contribution in [0.3, 0.4) is 0 Å². The molecule has 2 aromatic carbocycles. The zero-order valence-corrected chi connectivity index (χ0v) is 14.0. The summed E-state index contributed by atoms with van der Waals surface area (Å²) in [6, 6.07) is 12.3. The van der Waals surface area contributed by atoms with Crippen molar-refractivity contribution in [2.24, 2.45) is 0 Å². The molecule has 1 amide bonds. The first-order valence-corrected chi connectivity index (χ1v) is 7.95.